The van der Waals surface area contributed by atoms with Gasteiger partial charge in [0.25, 0.3) is 11.5 Å². The lowest BCUT2D eigenvalue weighted by Gasteiger charge is -2.32. The van der Waals surface area contributed by atoms with Gasteiger partial charge >= 0.3 is 5.97 Å². The van der Waals surface area contributed by atoms with Crippen LogP contribution in [0.4, 0.5) is 11.4 Å². The highest BCUT2D eigenvalue weighted by Gasteiger charge is 2.48. The van der Waals surface area contributed by atoms with Gasteiger partial charge in [0.15, 0.2) is 0 Å². The molecule has 1 atom stereocenters. The van der Waals surface area contributed by atoms with Gasteiger partial charge in [-0.15, -0.1) is 0 Å². The van der Waals surface area contributed by atoms with E-state index >= 15 is 0 Å². The second kappa shape index (κ2) is 4.21. The van der Waals surface area contributed by atoms with Crippen LogP contribution in [-0.4, -0.2) is 24.1 Å². The fraction of sp³-hybridized carbons (Fsp3) is 0.333. The quantitative estimate of drug-likeness (QED) is 0.462. The molecule has 3 N–H and O–H groups in total. The Bertz CT molecular complexity index is 515. The van der Waals surface area contributed by atoms with Gasteiger partial charge in [0.2, 0.25) is 0 Å². The van der Waals surface area contributed by atoms with E-state index in [-0.39, 0.29) is 6.61 Å². The molecule has 6 nitrogen and oxygen atoms in total. The first-order chi connectivity index (χ1) is 8.47. The van der Waals surface area contributed by atoms with Crippen molar-refractivity contribution in [1.29, 1.82) is 0 Å². The van der Waals surface area contributed by atoms with Gasteiger partial charge in [0.1, 0.15) is 5.75 Å². The van der Waals surface area contributed by atoms with Gasteiger partial charge in [0, 0.05) is 11.8 Å². The average molecular weight is 250 g/mol. The molecule has 1 aliphatic heterocycles. The van der Waals surface area contributed by atoms with Gasteiger partial charge in [-0.1, -0.05) is 0 Å². The van der Waals surface area contributed by atoms with Crippen LogP contribution in [0.3, 0.4) is 0 Å². The Morgan fingerprint density at radius 2 is 2.28 bits per heavy atom. The number of nitrogen functional groups attached to an aromatic ring is 1. The van der Waals surface area contributed by atoms with E-state index < -0.39 is 17.5 Å². The van der Waals surface area contributed by atoms with Crippen LogP contribution in [0, 0.1) is 0 Å². The number of amides is 1. The Labute approximate surface area is 104 Å². The van der Waals surface area contributed by atoms with E-state index in [1.54, 1.807) is 25.1 Å². The zero-order valence-electron chi connectivity index (χ0n) is 10.1. The first kappa shape index (κ1) is 12.2. The summed E-state index contributed by atoms with van der Waals surface area (Å²) in [6.07, 6.45) is 0. The Hall–Kier alpha value is -2.24. The molecular formula is C12H14N2O4. The number of ether oxygens (including phenoxy) is 2. The third-order valence-electron chi connectivity index (χ3n) is 2.67. The number of hydrogen-bond donors (Lipinski definition) is 2. The molecule has 0 aliphatic carbocycles. The number of benzene rings is 1. The van der Waals surface area contributed by atoms with Crippen molar-refractivity contribution in [2.75, 3.05) is 17.7 Å². The van der Waals surface area contributed by atoms with Crippen LogP contribution >= 0.6 is 0 Å². The summed E-state index contributed by atoms with van der Waals surface area (Å²) < 4.78 is 10.3. The number of fused-ring (bicyclic) bond motifs is 1. The lowest BCUT2D eigenvalue weighted by molar-refractivity contribution is -0.165. The number of nitrogens with one attached hydrogen (secondary N) is 1. The average Bonchev–Trinajstić information content (AvgIpc) is 2.31. The van der Waals surface area contributed by atoms with Crippen molar-refractivity contribution in [2.24, 2.45) is 0 Å². The molecule has 0 saturated heterocycles. The van der Waals surface area contributed by atoms with Gasteiger partial charge in [-0.2, -0.15) is 0 Å². The first-order valence-electron chi connectivity index (χ1n) is 5.54. The van der Waals surface area contributed by atoms with Gasteiger partial charge < -0.3 is 20.5 Å². The van der Waals surface area contributed by atoms with Crippen LogP contribution in [0.5, 0.6) is 5.75 Å². The second-order valence-corrected chi connectivity index (χ2v) is 4.07. The SMILES string of the molecule is CCOC(=O)C1(C)Oc2cc(N)ccc2NC1=O. The van der Waals surface area contributed by atoms with Crippen molar-refractivity contribution in [3.8, 4) is 5.75 Å². The van der Waals surface area contributed by atoms with Crippen molar-refractivity contribution in [3.05, 3.63) is 18.2 Å². The molecule has 6 heteroatoms. The smallest absolute Gasteiger partial charge is 0.360 e. The van der Waals surface area contributed by atoms with Crippen molar-refractivity contribution in [1.82, 2.24) is 0 Å². The molecule has 0 aromatic heterocycles. The molecule has 0 fully saturated rings. The lowest BCUT2D eigenvalue weighted by Crippen LogP contribution is -2.55. The molecule has 1 aliphatic rings. The number of nitrogens with two attached hydrogens (primary N) is 1. The molecule has 2 rings (SSSR count). The Balaban J connectivity index is 2.37. The Morgan fingerprint density at radius 1 is 1.56 bits per heavy atom. The zero-order chi connectivity index (χ0) is 13.3. The zero-order valence-corrected chi connectivity index (χ0v) is 10.1. The third kappa shape index (κ3) is 1.85. The van der Waals surface area contributed by atoms with Gasteiger partial charge in [0.05, 0.1) is 12.3 Å². The highest BCUT2D eigenvalue weighted by Crippen LogP contribution is 2.35. The molecule has 0 saturated carbocycles. The molecule has 0 radical (unpaired) electrons. The number of esters is 1. The molecule has 1 heterocycles. The van der Waals surface area contributed by atoms with E-state index in [4.69, 9.17) is 15.2 Å². The third-order valence-corrected chi connectivity index (χ3v) is 2.67. The van der Waals surface area contributed by atoms with E-state index in [0.717, 1.165) is 0 Å². The Morgan fingerprint density at radius 3 is 2.94 bits per heavy atom. The number of hydrogen-bond acceptors (Lipinski definition) is 5. The number of carbonyl (C=O) groups is 2. The van der Waals surface area contributed by atoms with E-state index in [1.807, 2.05) is 0 Å². The van der Waals surface area contributed by atoms with Crippen molar-refractivity contribution in [2.45, 2.75) is 19.4 Å². The fourth-order valence-electron chi connectivity index (χ4n) is 1.64. The lowest BCUT2D eigenvalue weighted by atomic mass is 10.0. The molecule has 0 bridgehead atoms. The van der Waals surface area contributed by atoms with Crippen LogP contribution in [-0.2, 0) is 14.3 Å². The number of carbonyl (C=O) groups excluding carboxylic acids is 2. The van der Waals surface area contributed by atoms with Crippen LogP contribution in [0.15, 0.2) is 18.2 Å². The maximum absolute atomic E-state index is 11.9. The molecule has 96 valence electrons. The summed E-state index contributed by atoms with van der Waals surface area (Å²) in [5.74, 6) is -0.932. The van der Waals surface area contributed by atoms with Crippen LogP contribution in [0.2, 0.25) is 0 Å². The van der Waals surface area contributed by atoms with Crippen LogP contribution in [0.1, 0.15) is 13.8 Å². The highest BCUT2D eigenvalue weighted by molar-refractivity contribution is 6.13. The normalized spacial score (nSPS) is 21.6. The Kier molecular flexibility index (Phi) is 2.86. The summed E-state index contributed by atoms with van der Waals surface area (Å²) >= 11 is 0. The summed E-state index contributed by atoms with van der Waals surface area (Å²) in [4.78, 5) is 23.7. The van der Waals surface area contributed by atoms with Gasteiger partial charge in [-0.05, 0) is 26.0 Å². The predicted molar refractivity (Wildman–Crippen MR) is 65.2 cm³/mol. The van der Waals surface area contributed by atoms with Gasteiger partial charge in [-0.3, -0.25) is 4.79 Å². The largest absolute Gasteiger partial charge is 0.464 e. The number of anilines is 2. The molecular weight excluding hydrogens is 236 g/mol. The number of rotatable bonds is 2. The maximum Gasteiger partial charge on any atom is 0.360 e. The molecule has 1 amide bonds. The summed E-state index contributed by atoms with van der Waals surface area (Å²) in [6, 6.07) is 4.80. The van der Waals surface area contributed by atoms with E-state index in [2.05, 4.69) is 5.32 Å². The highest BCUT2D eigenvalue weighted by atomic mass is 16.6. The second-order valence-electron chi connectivity index (χ2n) is 4.07. The predicted octanol–water partition coefficient (Wildman–Crippen LogP) is 0.921. The van der Waals surface area contributed by atoms with Crippen LogP contribution < -0.4 is 15.8 Å². The van der Waals surface area contributed by atoms with E-state index in [1.165, 1.54) is 6.92 Å². The topological polar surface area (TPSA) is 90.7 Å². The van der Waals surface area contributed by atoms with E-state index in [9.17, 15) is 9.59 Å². The minimum atomic E-state index is -1.68. The van der Waals surface area contributed by atoms with Crippen molar-refractivity contribution >= 4 is 23.3 Å². The maximum atomic E-state index is 11.9. The minimum Gasteiger partial charge on any atom is -0.464 e. The minimum absolute atomic E-state index is 0.175. The van der Waals surface area contributed by atoms with E-state index in [0.29, 0.717) is 17.1 Å². The van der Waals surface area contributed by atoms with Gasteiger partial charge in [-0.25, -0.2) is 4.79 Å². The first-order valence-corrected chi connectivity index (χ1v) is 5.54. The molecule has 1 aromatic carbocycles. The van der Waals surface area contributed by atoms with Crippen molar-refractivity contribution < 1.29 is 19.1 Å². The molecule has 0 spiro atoms. The van der Waals surface area contributed by atoms with Crippen molar-refractivity contribution in [3.63, 3.8) is 0 Å². The summed E-state index contributed by atoms with van der Waals surface area (Å²) in [5.41, 5.74) is 4.91. The summed E-state index contributed by atoms with van der Waals surface area (Å²) in [6.45, 7) is 3.20. The summed E-state index contributed by atoms with van der Waals surface area (Å²) in [5, 5.41) is 2.60. The molecule has 1 unspecified atom stereocenters. The monoisotopic (exact) mass is 250 g/mol. The van der Waals surface area contributed by atoms with Crippen LogP contribution in [0.25, 0.3) is 0 Å². The molecule has 1 aromatic rings. The fourth-order valence-corrected chi connectivity index (χ4v) is 1.64. The summed E-state index contributed by atoms with van der Waals surface area (Å²) in [7, 11) is 0. The molecule has 18 heavy (non-hydrogen) atoms. The standard InChI is InChI=1S/C12H14N2O4/c1-3-17-11(16)12(2)10(15)14-8-5-4-7(13)6-9(8)18-12/h4-6H,3,13H2,1-2H3,(H,14,15).